The maximum atomic E-state index is 12.1. The molecule has 1 heterocycles. The molecule has 0 aliphatic rings. The molecule has 1 aromatic heterocycles. The fourth-order valence-corrected chi connectivity index (χ4v) is 3.20. The number of thiophene rings is 1. The fourth-order valence-electron chi connectivity index (χ4n) is 2.58. The molecule has 2 aromatic carbocycles. The van der Waals surface area contributed by atoms with Crippen LogP contribution in [0.3, 0.4) is 0 Å². The van der Waals surface area contributed by atoms with Crippen LogP contribution in [0.4, 0.5) is 5.69 Å². The summed E-state index contributed by atoms with van der Waals surface area (Å²) in [6, 6.07) is 18.5. The zero-order chi connectivity index (χ0) is 20.6. The van der Waals surface area contributed by atoms with Gasteiger partial charge in [-0.05, 0) is 54.8 Å². The van der Waals surface area contributed by atoms with Gasteiger partial charge in [0.1, 0.15) is 5.75 Å². The number of hydrogen-bond acceptors (Lipinski definition) is 5. The third-order valence-corrected chi connectivity index (χ3v) is 4.84. The lowest BCUT2D eigenvalue weighted by Crippen LogP contribution is -2.35. The van der Waals surface area contributed by atoms with Gasteiger partial charge in [0.05, 0.1) is 11.3 Å². The van der Waals surface area contributed by atoms with Gasteiger partial charge in [0.25, 0.3) is 11.8 Å². The van der Waals surface area contributed by atoms with Gasteiger partial charge in [-0.2, -0.15) is 0 Å². The molecule has 0 radical (unpaired) electrons. The number of esters is 1. The molecule has 0 saturated carbocycles. The Morgan fingerprint density at radius 3 is 2.31 bits per heavy atom. The van der Waals surface area contributed by atoms with Gasteiger partial charge in [0, 0.05) is 17.3 Å². The standard InChI is InChI=1S/C22H20N2O4S/c1-15(23-21(26)16-6-3-2-4-7-16)14-20(25)28-18-11-9-17(10-12-18)24-22(27)19-8-5-13-29-19/h2-13,15H,14H2,1H3,(H,23,26)(H,24,27). The second-order valence-corrected chi connectivity index (χ2v) is 7.32. The zero-order valence-corrected chi connectivity index (χ0v) is 16.6. The van der Waals surface area contributed by atoms with E-state index in [0.717, 1.165) is 0 Å². The molecule has 0 aliphatic carbocycles. The first-order valence-electron chi connectivity index (χ1n) is 9.03. The van der Waals surface area contributed by atoms with E-state index < -0.39 is 5.97 Å². The lowest BCUT2D eigenvalue weighted by Gasteiger charge is -2.13. The van der Waals surface area contributed by atoms with E-state index in [-0.39, 0.29) is 24.3 Å². The number of amides is 2. The van der Waals surface area contributed by atoms with Crippen molar-refractivity contribution >= 4 is 34.8 Å². The molecule has 6 nitrogen and oxygen atoms in total. The minimum atomic E-state index is -0.457. The molecule has 3 aromatic rings. The lowest BCUT2D eigenvalue weighted by atomic mass is 10.2. The highest BCUT2D eigenvalue weighted by Crippen LogP contribution is 2.18. The molecule has 2 N–H and O–H groups in total. The quantitative estimate of drug-likeness (QED) is 0.455. The molecular formula is C22H20N2O4S. The average molecular weight is 408 g/mol. The molecule has 0 aliphatic heterocycles. The number of carbonyl (C=O) groups excluding carboxylic acids is 3. The molecule has 7 heteroatoms. The summed E-state index contributed by atoms with van der Waals surface area (Å²) in [5.41, 5.74) is 1.14. The molecule has 0 bridgehead atoms. The largest absolute Gasteiger partial charge is 0.426 e. The summed E-state index contributed by atoms with van der Waals surface area (Å²) in [6.45, 7) is 1.74. The Morgan fingerprint density at radius 1 is 0.931 bits per heavy atom. The van der Waals surface area contributed by atoms with Crippen LogP contribution in [0.2, 0.25) is 0 Å². The third-order valence-electron chi connectivity index (χ3n) is 3.98. The Bertz CT molecular complexity index is 970. The van der Waals surface area contributed by atoms with Gasteiger partial charge < -0.3 is 15.4 Å². The predicted molar refractivity (Wildman–Crippen MR) is 112 cm³/mol. The summed E-state index contributed by atoms with van der Waals surface area (Å²) in [6.07, 6.45) is 0.0371. The van der Waals surface area contributed by atoms with Crippen molar-refractivity contribution in [1.29, 1.82) is 0 Å². The van der Waals surface area contributed by atoms with Gasteiger partial charge >= 0.3 is 5.97 Å². The summed E-state index contributed by atoms with van der Waals surface area (Å²) in [5, 5.41) is 7.38. The van der Waals surface area contributed by atoms with E-state index in [1.54, 1.807) is 61.5 Å². The van der Waals surface area contributed by atoms with Crippen LogP contribution < -0.4 is 15.4 Å². The van der Waals surface area contributed by atoms with Gasteiger partial charge in [-0.3, -0.25) is 14.4 Å². The Kier molecular flexibility index (Phi) is 6.76. The van der Waals surface area contributed by atoms with E-state index in [0.29, 0.717) is 21.9 Å². The van der Waals surface area contributed by atoms with Crippen molar-refractivity contribution in [3.63, 3.8) is 0 Å². The van der Waals surface area contributed by atoms with Crippen LogP contribution in [0.15, 0.2) is 72.1 Å². The van der Waals surface area contributed by atoms with Crippen LogP contribution in [0.1, 0.15) is 33.4 Å². The second-order valence-electron chi connectivity index (χ2n) is 6.37. The first kappa shape index (κ1) is 20.3. The van der Waals surface area contributed by atoms with Gasteiger partial charge in [0.15, 0.2) is 0 Å². The van der Waals surface area contributed by atoms with Gasteiger partial charge in [-0.1, -0.05) is 24.3 Å². The Morgan fingerprint density at radius 2 is 1.66 bits per heavy atom. The van der Waals surface area contributed by atoms with E-state index in [1.165, 1.54) is 11.3 Å². The summed E-state index contributed by atoms with van der Waals surface area (Å²) >= 11 is 1.36. The van der Waals surface area contributed by atoms with Crippen LogP contribution in [0.5, 0.6) is 5.75 Å². The average Bonchev–Trinajstić information content (AvgIpc) is 3.25. The number of nitrogens with one attached hydrogen (secondary N) is 2. The monoisotopic (exact) mass is 408 g/mol. The number of benzene rings is 2. The molecule has 3 rings (SSSR count). The number of carbonyl (C=O) groups is 3. The maximum absolute atomic E-state index is 12.1. The van der Waals surface area contributed by atoms with Gasteiger partial charge in [0.2, 0.25) is 0 Å². The molecule has 2 amide bonds. The maximum Gasteiger partial charge on any atom is 0.313 e. The number of hydrogen-bond donors (Lipinski definition) is 2. The summed E-state index contributed by atoms with van der Waals surface area (Å²) in [5.74, 6) is -0.517. The van der Waals surface area contributed by atoms with E-state index in [9.17, 15) is 14.4 Å². The van der Waals surface area contributed by atoms with Crippen LogP contribution in [0, 0.1) is 0 Å². The van der Waals surface area contributed by atoms with Gasteiger partial charge in [-0.25, -0.2) is 0 Å². The second kappa shape index (κ2) is 9.66. The highest BCUT2D eigenvalue weighted by molar-refractivity contribution is 7.12. The van der Waals surface area contributed by atoms with Crippen molar-refractivity contribution in [3.05, 3.63) is 82.6 Å². The molecule has 0 saturated heterocycles. The Labute approximate surface area is 172 Å². The Hall–Kier alpha value is -3.45. The van der Waals surface area contributed by atoms with Crippen LogP contribution >= 0.6 is 11.3 Å². The Balaban J connectivity index is 1.47. The highest BCUT2D eigenvalue weighted by Gasteiger charge is 2.15. The summed E-state index contributed by atoms with van der Waals surface area (Å²) in [7, 11) is 0. The SMILES string of the molecule is CC(CC(=O)Oc1ccc(NC(=O)c2cccs2)cc1)NC(=O)c1ccccc1. The smallest absolute Gasteiger partial charge is 0.313 e. The van der Waals surface area contributed by atoms with Crippen LogP contribution in [0.25, 0.3) is 0 Å². The first-order chi connectivity index (χ1) is 14.0. The fraction of sp³-hybridized carbons (Fsp3) is 0.136. The van der Waals surface area contributed by atoms with E-state index in [1.807, 2.05) is 17.5 Å². The van der Waals surface area contributed by atoms with Crippen molar-refractivity contribution in [1.82, 2.24) is 5.32 Å². The molecule has 1 atom stereocenters. The molecule has 148 valence electrons. The zero-order valence-electron chi connectivity index (χ0n) is 15.8. The van der Waals surface area contributed by atoms with Crippen LogP contribution in [-0.2, 0) is 4.79 Å². The normalized spacial score (nSPS) is 11.3. The molecule has 0 spiro atoms. The number of anilines is 1. The first-order valence-corrected chi connectivity index (χ1v) is 9.91. The topological polar surface area (TPSA) is 84.5 Å². The van der Waals surface area contributed by atoms with Crippen molar-refractivity contribution in [3.8, 4) is 5.75 Å². The van der Waals surface area contributed by atoms with Crippen molar-refractivity contribution < 1.29 is 19.1 Å². The number of rotatable bonds is 7. The molecule has 29 heavy (non-hydrogen) atoms. The van der Waals surface area contributed by atoms with E-state index in [4.69, 9.17) is 4.74 Å². The molecule has 1 unspecified atom stereocenters. The minimum Gasteiger partial charge on any atom is -0.426 e. The highest BCUT2D eigenvalue weighted by atomic mass is 32.1. The van der Waals surface area contributed by atoms with E-state index >= 15 is 0 Å². The number of ether oxygens (including phenoxy) is 1. The van der Waals surface area contributed by atoms with Crippen molar-refractivity contribution in [2.45, 2.75) is 19.4 Å². The van der Waals surface area contributed by atoms with E-state index in [2.05, 4.69) is 10.6 Å². The summed E-state index contributed by atoms with van der Waals surface area (Å²) in [4.78, 5) is 36.9. The molecular weight excluding hydrogens is 388 g/mol. The molecule has 0 fully saturated rings. The minimum absolute atomic E-state index is 0.0371. The predicted octanol–water partition coefficient (Wildman–Crippen LogP) is 4.11. The van der Waals surface area contributed by atoms with Crippen molar-refractivity contribution in [2.24, 2.45) is 0 Å². The van der Waals surface area contributed by atoms with Crippen LogP contribution in [-0.4, -0.2) is 23.8 Å². The van der Waals surface area contributed by atoms with Crippen molar-refractivity contribution in [2.75, 3.05) is 5.32 Å². The summed E-state index contributed by atoms with van der Waals surface area (Å²) < 4.78 is 5.30. The van der Waals surface area contributed by atoms with Gasteiger partial charge in [-0.15, -0.1) is 11.3 Å². The lowest BCUT2D eigenvalue weighted by molar-refractivity contribution is -0.134. The third kappa shape index (κ3) is 6.02.